The highest BCUT2D eigenvalue weighted by Crippen LogP contribution is 2.33. The minimum atomic E-state index is -4.62. The highest BCUT2D eigenvalue weighted by molar-refractivity contribution is 5.97. The Morgan fingerprint density at radius 2 is 1.76 bits per heavy atom. The van der Waals surface area contributed by atoms with Crippen LogP contribution in [0.2, 0.25) is 0 Å². The number of carbonyl (C=O) groups excluding carboxylic acids is 2. The van der Waals surface area contributed by atoms with Gasteiger partial charge in [0.15, 0.2) is 0 Å². The largest absolute Gasteiger partial charge is 0.507 e. The minimum absolute atomic E-state index is 0.209. The summed E-state index contributed by atoms with van der Waals surface area (Å²) in [7, 11) is 0. The molecule has 2 amide bonds. The number of carbonyl (C=O) groups is 2. The summed E-state index contributed by atoms with van der Waals surface area (Å²) in [6.45, 7) is 0.418. The van der Waals surface area contributed by atoms with Gasteiger partial charge in [0.1, 0.15) is 11.6 Å². The van der Waals surface area contributed by atoms with E-state index in [-0.39, 0.29) is 30.5 Å². The Labute approximate surface area is 163 Å². The maximum absolute atomic E-state index is 13.2. The van der Waals surface area contributed by atoms with Crippen LogP contribution in [0.4, 0.5) is 23.2 Å². The predicted molar refractivity (Wildman–Crippen MR) is 96.8 cm³/mol. The Morgan fingerprint density at radius 3 is 2.34 bits per heavy atom. The van der Waals surface area contributed by atoms with Crippen molar-refractivity contribution in [2.75, 3.05) is 18.4 Å². The van der Waals surface area contributed by atoms with Crippen molar-refractivity contribution in [1.29, 1.82) is 0 Å². The van der Waals surface area contributed by atoms with E-state index in [9.17, 15) is 32.3 Å². The number of halogens is 4. The zero-order valence-electron chi connectivity index (χ0n) is 15.2. The molecule has 1 aliphatic rings. The molecule has 0 bridgehead atoms. The number of nitrogens with one attached hydrogen (secondary N) is 1. The van der Waals surface area contributed by atoms with Gasteiger partial charge in [-0.3, -0.25) is 9.59 Å². The lowest BCUT2D eigenvalue weighted by Crippen LogP contribution is -2.41. The molecule has 0 spiro atoms. The molecule has 1 heterocycles. The lowest BCUT2D eigenvalue weighted by molar-refractivity contribution is -0.137. The molecule has 0 aromatic heterocycles. The number of rotatable bonds is 3. The van der Waals surface area contributed by atoms with Gasteiger partial charge in [0, 0.05) is 24.7 Å². The molecule has 0 radical (unpaired) electrons. The standard InChI is InChI=1S/C20H18F4N2O3/c21-14-2-1-3-15(11-14)25-18(28)12-6-8-26(9-7-12)19(29)16-5-4-13(10-17(16)27)20(22,23)24/h1-5,10-12,27H,6-9H2,(H,25,28). The monoisotopic (exact) mass is 410 g/mol. The number of amides is 2. The molecule has 0 saturated carbocycles. The fourth-order valence-electron chi connectivity index (χ4n) is 3.21. The van der Waals surface area contributed by atoms with Crippen LogP contribution in [0.1, 0.15) is 28.8 Å². The molecule has 2 aromatic rings. The van der Waals surface area contributed by atoms with E-state index in [0.717, 1.165) is 12.1 Å². The first-order chi connectivity index (χ1) is 13.6. The van der Waals surface area contributed by atoms with Gasteiger partial charge >= 0.3 is 6.18 Å². The summed E-state index contributed by atoms with van der Waals surface area (Å²) in [5, 5.41) is 12.5. The second kappa shape index (κ2) is 8.10. The van der Waals surface area contributed by atoms with Gasteiger partial charge in [-0.15, -0.1) is 0 Å². The van der Waals surface area contributed by atoms with Crippen LogP contribution in [0.3, 0.4) is 0 Å². The molecule has 0 aliphatic carbocycles. The van der Waals surface area contributed by atoms with Crippen LogP contribution >= 0.6 is 0 Å². The lowest BCUT2D eigenvalue weighted by atomic mass is 9.95. The van der Waals surface area contributed by atoms with E-state index in [1.807, 2.05) is 0 Å². The third-order valence-electron chi connectivity index (χ3n) is 4.80. The first-order valence-corrected chi connectivity index (χ1v) is 8.91. The van der Waals surface area contributed by atoms with Crippen molar-refractivity contribution in [2.24, 2.45) is 5.92 Å². The molecule has 1 fully saturated rings. The normalized spacial score (nSPS) is 15.2. The molecular weight excluding hydrogens is 392 g/mol. The average Bonchev–Trinajstić information content (AvgIpc) is 2.67. The quantitative estimate of drug-likeness (QED) is 0.751. The zero-order chi connectivity index (χ0) is 21.2. The van der Waals surface area contributed by atoms with E-state index in [1.54, 1.807) is 6.07 Å². The van der Waals surface area contributed by atoms with E-state index in [0.29, 0.717) is 24.6 Å². The summed E-state index contributed by atoms with van der Waals surface area (Å²) in [6, 6.07) is 7.71. The number of piperidine rings is 1. The number of anilines is 1. The number of benzene rings is 2. The SMILES string of the molecule is O=C(Nc1cccc(F)c1)C1CCN(C(=O)c2ccc(C(F)(F)F)cc2O)CC1. The van der Waals surface area contributed by atoms with Gasteiger partial charge in [-0.05, 0) is 49.2 Å². The molecule has 154 valence electrons. The number of likely N-dealkylation sites (tertiary alicyclic amines) is 1. The molecule has 29 heavy (non-hydrogen) atoms. The van der Waals surface area contributed by atoms with Crippen LogP contribution in [0.15, 0.2) is 42.5 Å². The maximum atomic E-state index is 13.2. The summed E-state index contributed by atoms with van der Waals surface area (Å²) >= 11 is 0. The molecule has 2 aromatic carbocycles. The minimum Gasteiger partial charge on any atom is -0.507 e. The molecule has 3 rings (SSSR count). The molecule has 2 N–H and O–H groups in total. The fraction of sp³-hybridized carbons (Fsp3) is 0.300. The van der Waals surface area contributed by atoms with Crippen molar-refractivity contribution in [3.63, 3.8) is 0 Å². The second-order valence-corrected chi connectivity index (χ2v) is 6.80. The topological polar surface area (TPSA) is 69.6 Å². The summed E-state index contributed by atoms with van der Waals surface area (Å²) in [4.78, 5) is 26.2. The summed E-state index contributed by atoms with van der Waals surface area (Å²) in [5.74, 6) is -2.49. The maximum Gasteiger partial charge on any atom is 0.416 e. The molecular formula is C20H18F4N2O3. The zero-order valence-corrected chi connectivity index (χ0v) is 15.2. The Bertz CT molecular complexity index is 922. The van der Waals surface area contributed by atoms with Crippen LogP contribution in [-0.4, -0.2) is 34.9 Å². The van der Waals surface area contributed by atoms with Gasteiger partial charge in [0.25, 0.3) is 5.91 Å². The molecule has 0 atom stereocenters. The van der Waals surface area contributed by atoms with E-state index < -0.39 is 29.2 Å². The Morgan fingerprint density at radius 1 is 1.07 bits per heavy atom. The van der Waals surface area contributed by atoms with Crippen molar-refractivity contribution in [3.8, 4) is 5.75 Å². The van der Waals surface area contributed by atoms with Crippen LogP contribution in [0.25, 0.3) is 0 Å². The van der Waals surface area contributed by atoms with Gasteiger partial charge in [0.05, 0.1) is 11.1 Å². The lowest BCUT2D eigenvalue weighted by Gasteiger charge is -2.31. The first kappa shape index (κ1) is 20.6. The Hall–Kier alpha value is -3.10. The van der Waals surface area contributed by atoms with E-state index in [4.69, 9.17) is 0 Å². The van der Waals surface area contributed by atoms with Crippen molar-refractivity contribution in [2.45, 2.75) is 19.0 Å². The average molecular weight is 410 g/mol. The third kappa shape index (κ3) is 4.85. The third-order valence-corrected chi connectivity index (χ3v) is 4.80. The Kier molecular flexibility index (Phi) is 5.76. The van der Waals surface area contributed by atoms with Gasteiger partial charge in [-0.1, -0.05) is 6.07 Å². The summed E-state index contributed by atoms with van der Waals surface area (Å²) < 4.78 is 51.3. The fourth-order valence-corrected chi connectivity index (χ4v) is 3.21. The molecule has 5 nitrogen and oxygen atoms in total. The number of hydrogen-bond donors (Lipinski definition) is 2. The molecule has 1 aliphatic heterocycles. The molecule has 0 unspecified atom stereocenters. The van der Waals surface area contributed by atoms with Crippen LogP contribution in [-0.2, 0) is 11.0 Å². The smallest absolute Gasteiger partial charge is 0.416 e. The number of alkyl halides is 3. The molecule has 9 heteroatoms. The Balaban J connectivity index is 1.60. The highest BCUT2D eigenvalue weighted by atomic mass is 19.4. The highest BCUT2D eigenvalue weighted by Gasteiger charge is 2.33. The van der Waals surface area contributed by atoms with Gasteiger partial charge in [0.2, 0.25) is 5.91 Å². The van der Waals surface area contributed by atoms with Crippen LogP contribution in [0, 0.1) is 11.7 Å². The van der Waals surface area contributed by atoms with Gasteiger partial charge in [-0.2, -0.15) is 13.2 Å². The van der Waals surface area contributed by atoms with Crippen molar-refractivity contribution >= 4 is 17.5 Å². The van der Waals surface area contributed by atoms with E-state index in [2.05, 4.69) is 5.32 Å². The predicted octanol–water partition coefficient (Wildman–Crippen LogP) is 4.04. The van der Waals surface area contributed by atoms with Gasteiger partial charge in [-0.25, -0.2) is 4.39 Å². The number of nitrogens with zero attached hydrogens (tertiary/aromatic N) is 1. The number of phenolic OH excluding ortho intramolecular Hbond substituents is 1. The summed E-state index contributed by atoms with van der Waals surface area (Å²) in [6.07, 6.45) is -3.94. The number of hydrogen-bond acceptors (Lipinski definition) is 3. The van der Waals surface area contributed by atoms with Gasteiger partial charge < -0.3 is 15.3 Å². The van der Waals surface area contributed by atoms with Crippen molar-refractivity contribution in [3.05, 3.63) is 59.4 Å². The summed E-state index contributed by atoms with van der Waals surface area (Å²) in [5.41, 5.74) is -0.928. The number of aromatic hydroxyl groups is 1. The first-order valence-electron chi connectivity index (χ1n) is 8.91. The van der Waals surface area contributed by atoms with Crippen LogP contribution < -0.4 is 5.32 Å². The second-order valence-electron chi connectivity index (χ2n) is 6.80. The van der Waals surface area contributed by atoms with E-state index >= 15 is 0 Å². The molecule has 1 saturated heterocycles. The van der Waals surface area contributed by atoms with Crippen molar-refractivity contribution in [1.82, 2.24) is 4.90 Å². The van der Waals surface area contributed by atoms with Crippen LogP contribution in [0.5, 0.6) is 5.75 Å². The number of phenols is 1. The van der Waals surface area contributed by atoms with E-state index in [1.165, 1.54) is 23.1 Å². The van der Waals surface area contributed by atoms with Crippen molar-refractivity contribution < 1.29 is 32.3 Å².